The highest BCUT2D eigenvalue weighted by atomic mass is 32.2. The van der Waals surface area contributed by atoms with E-state index in [1.54, 1.807) is 44.4 Å². The van der Waals surface area contributed by atoms with Crippen LogP contribution in [0.2, 0.25) is 0 Å². The molecule has 0 bridgehead atoms. The van der Waals surface area contributed by atoms with E-state index >= 15 is 0 Å². The molecule has 2 heterocycles. The van der Waals surface area contributed by atoms with Crippen molar-refractivity contribution in [1.29, 1.82) is 0 Å². The molecule has 9 heteroatoms. The van der Waals surface area contributed by atoms with E-state index in [1.165, 1.54) is 9.21 Å². The molecule has 2 aromatic rings. The lowest BCUT2D eigenvalue weighted by Gasteiger charge is -2.34. The summed E-state index contributed by atoms with van der Waals surface area (Å²) in [5.74, 6) is 0.181. The number of carbonyl (C=O) groups excluding carboxylic acids is 2. The van der Waals surface area contributed by atoms with Crippen molar-refractivity contribution in [1.82, 2.24) is 4.31 Å². The number of nitrogens with zero attached hydrogens (tertiary/aromatic N) is 2. The number of methoxy groups -OCH3 is 1. The molecule has 170 valence electrons. The molecule has 0 spiro atoms. The number of rotatable bonds is 5. The number of ether oxygens (including phenoxy) is 1. The number of piperazine rings is 1. The molecule has 8 nitrogen and oxygen atoms in total. The lowest BCUT2D eigenvalue weighted by atomic mass is 10.2. The highest BCUT2D eigenvalue weighted by Crippen LogP contribution is 2.25. The smallest absolute Gasteiger partial charge is 0.292 e. The van der Waals surface area contributed by atoms with Crippen molar-refractivity contribution in [2.75, 3.05) is 38.2 Å². The standard InChI is InChI=1S/C23H27N3O5S/c1-16-4-5-17(2)21(14-16)32(29,30)25-12-10-24(11-13-25)20-15-22(27)26(23(20)28)18-6-8-19(31-3)9-7-18/h4-9,14,20H,10-13,15H2,1-3H3/p+1/t20-/m1/s1. The van der Waals surface area contributed by atoms with Crippen LogP contribution < -0.4 is 14.5 Å². The van der Waals surface area contributed by atoms with E-state index in [9.17, 15) is 18.0 Å². The quantitative estimate of drug-likeness (QED) is 0.661. The Hall–Kier alpha value is -2.75. The first-order valence-corrected chi connectivity index (χ1v) is 12.1. The van der Waals surface area contributed by atoms with Gasteiger partial charge in [-0.3, -0.25) is 9.59 Å². The number of carbonyl (C=O) groups is 2. The van der Waals surface area contributed by atoms with Crippen molar-refractivity contribution in [3.8, 4) is 5.75 Å². The number of hydrogen-bond donors (Lipinski definition) is 1. The molecule has 2 fully saturated rings. The molecule has 2 aromatic carbocycles. The number of hydrogen-bond acceptors (Lipinski definition) is 5. The van der Waals surface area contributed by atoms with Crippen LogP contribution in [0.15, 0.2) is 47.4 Å². The molecule has 0 aromatic heterocycles. The Morgan fingerprint density at radius 1 is 1.00 bits per heavy atom. The number of sulfonamides is 1. The van der Waals surface area contributed by atoms with Crippen LogP contribution in [-0.2, 0) is 19.6 Å². The van der Waals surface area contributed by atoms with Crippen molar-refractivity contribution in [3.05, 3.63) is 53.6 Å². The molecule has 0 unspecified atom stereocenters. The van der Waals surface area contributed by atoms with Gasteiger partial charge in [-0.25, -0.2) is 13.3 Å². The van der Waals surface area contributed by atoms with Gasteiger partial charge in [0, 0.05) is 0 Å². The summed E-state index contributed by atoms with van der Waals surface area (Å²) in [6.45, 7) is 5.24. The van der Waals surface area contributed by atoms with E-state index in [1.807, 2.05) is 19.1 Å². The molecule has 1 atom stereocenters. The summed E-state index contributed by atoms with van der Waals surface area (Å²) in [6.07, 6.45) is 0.129. The van der Waals surface area contributed by atoms with E-state index in [4.69, 9.17) is 4.74 Å². The summed E-state index contributed by atoms with van der Waals surface area (Å²) in [7, 11) is -2.04. The minimum absolute atomic E-state index is 0.129. The second-order valence-electron chi connectivity index (χ2n) is 8.35. The number of aryl methyl sites for hydroxylation is 2. The minimum atomic E-state index is -3.60. The first-order chi connectivity index (χ1) is 15.2. The zero-order valence-electron chi connectivity index (χ0n) is 18.5. The molecule has 0 aliphatic carbocycles. The van der Waals surface area contributed by atoms with Crippen molar-refractivity contribution in [2.24, 2.45) is 0 Å². The van der Waals surface area contributed by atoms with Gasteiger partial charge in [0.2, 0.25) is 15.9 Å². The zero-order chi connectivity index (χ0) is 23.0. The van der Waals surface area contributed by atoms with Gasteiger partial charge in [-0.05, 0) is 55.3 Å². The van der Waals surface area contributed by atoms with Crippen LogP contribution in [0.3, 0.4) is 0 Å². The molecule has 0 radical (unpaired) electrons. The maximum Gasteiger partial charge on any atom is 0.292 e. The normalized spacial score (nSPS) is 20.7. The van der Waals surface area contributed by atoms with E-state index in [-0.39, 0.29) is 18.2 Å². The maximum atomic E-state index is 13.2. The Morgan fingerprint density at radius 3 is 2.28 bits per heavy atom. The summed E-state index contributed by atoms with van der Waals surface area (Å²) in [5.41, 5.74) is 2.14. The highest BCUT2D eigenvalue weighted by Gasteiger charge is 2.47. The summed E-state index contributed by atoms with van der Waals surface area (Å²) in [4.78, 5) is 28.2. The summed E-state index contributed by atoms with van der Waals surface area (Å²) in [5, 5.41) is 0. The first kappa shape index (κ1) is 22.4. The van der Waals surface area contributed by atoms with Crippen molar-refractivity contribution in [3.63, 3.8) is 0 Å². The fourth-order valence-electron chi connectivity index (χ4n) is 4.44. The third-order valence-electron chi connectivity index (χ3n) is 6.30. The van der Waals surface area contributed by atoms with E-state index < -0.39 is 16.1 Å². The molecule has 0 saturated carbocycles. The van der Waals surface area contributed by atoms with Gasteiger partial charge in [-0.2, -0.15) is 4.31 Å². The Bertz CT molecular complexity index is 1140. The number of anilines is 1. The lowest BCUT2D eigenvalue weighted by Crippen LogP contribution is -3.19. The number of nitrogens with one attached hydrogen (secondary N) is 1. The van der Waals surface area contributed by atoms with Crippen LogP contribution in [0.4, 0.5) is 5.69 Å². The third-order valence-corrected chi connectivity index (χ3v) is 8.34. The van der Waals surface area contributed by atoms with E-state index in [0.717, 1.165) is 16.0 Å². The van der Waals surface area contributed by atoms with Gasteiger partial charge in [-0.15, -0.1) is 0 Å². The molecule has 32 heavy (non-hydrogen) atoms. The fraction of sp³-hybridized carbons (Fsp3) is 0.391. The molecule has 2 aliphatic heterocycles. The van der Waals surface area contributed by atoms with Gasteiger partial charge in [-0.1, -0.05) is 12.1 Å². The lowest BCUT2D eigenvalue weighted by molar-refractivity contribution is -0.918. The van der Waals surface area contributed by atoms with Gasteiger partial charge in [0.15, 0.2) is 6.04 Å². The Morgan fingerprint density at radius 2 is 1.66 bits per heavy atom. The number of amides is 2. The second-order valence-corrected chi connectivity index (χ2v) is 10.3. The van der Waals surface area contributed by atoms with Gasteiger partial charge in [0.25, 0.3) is 5.91 Å². The Kier molecular flexibility index (Phi) is 6.07. The van der Waals surface area contributed by atoms with Gasteiger partial charge in [0.1, 0.15) is 5.75 Å². The molecule has 4 rings (SSSR count). The van der Waals surface area contributed by atoms with E-state index in [2.05, 4.69) is 0 Å². The first-order valence-electron chi connectivity index (χ1n) is 10.6. The molecule has 1 N–H and O–H groups in total. The van der Waals surface area contributed by atoms with Gasteiger partial charge >= 0.3 is 0 Å². The molecular formula is C23H28N3O5S+. The third kappa shape index (κ3) is 4.03. The number of benzene rings is 2. The van der Waals surface area contributed by atoms with Crippen LogP contribution in [0.25, 0.3) is 0 Å². The number of quaternary nitrogens is 1. The Balaban J connectivity index is 1.45. The largest absolute Gasteiger partial charge is 0.497 e. The van der Waals surface area contributed by atoms with Crippen molar-refractivity contribution >= 4 is 27.5 Å². The van der Waals surface area contributed by atoms with Crippen LogP contribution in [0.1, 0.15) is 17.5 Å². The summed E-state index contributed by atoms with van der Waals surface area (Å²) >= 11 is 0. The second kappa shape index (κ2) is 8.65. The van der Waals surface area contributed by atoms with Crippen LogP contribution in [-0.4, -0.2) is 63.9 Å². The summed E-state index contributed by atoms with van der Waals surface area (Å²) < 4.78 is 33.0. The molecule has 2 saturated heterocycles. The topological polar surface area (TPSA) is 88.4 Å². The average molecular weight is 459 g/mol. The van der Waals surface area contributed by atoms with Crippen LogP contribution in [0, 0.1) is 13.8 Å². The SMILES string of the molecule is COc1ccc(N2C(=O)C[C@@H]([NH+]3CCN(S(=O)(=O)c4cc(C)ccc4C)CC3)C2=O)cc1. The summed E-state index contributed by atoms with van der Waals surface area (Å²) in [6, 6.07) is 11.8. The molecule has 2 aliphatic rings. The van der Waals surface area contributed by atoms with Crippen LogP contribution >= 0.6 is 0 Å². The highest BCUT2D eigenvalue weighted by molar-refractivity contribution is 7.89. The molecular weight excluding hydrogens is 430 g/mol. The molecule has 2 amide bonds. The fourth-order valence-corrected chi connectivity index (χ4v) is 6.19. The predicted octanol–water partition coefficient (Wildman–Crippen LogP) is 0.533. The predicted molar refractivity (Wildman–Crippen MR) is 119 cm³/mol. The number of imide groups is 1. The average Bonchev–Trinajstić information content (AvgIpc) is 3.09. The van der Waals surface area contributed by atoms with Gasteiger partial charge in [0.05, 0.1) is 50.3 Å². The maximum absolute atomic E-state index is 13.2. The van der Waals surface area contributed by atoms with Crippen LogP contribution in [0.5, 0.6) is 5.75 Å². The van der Waals surface area contributed by atoms with E-state index in [0.29, 0.717) is 42.5 Å². The zero-order valence-corrected chi connectivity index (χ0v) is 19.3. The Labute approximate surface area is 188 Å². The van der Waals surface area contributed by atoms with Gasteiger partial charge < -0.3 is 9.64 Å². The van der Waals surface area contributed by atoms with Crippen molar-refractivity contribution < 1.29 is 27.6 Å². The van der Waals surface area contributed by atoms with Crippen molar-refractivity contribution in [2.45, 2.75) is 31.2 Å². The minimum Gasteiger partial charge on any atom is -0.497 e. The monoisotopic (exact) mass is 458 g/mol.